The van der Waals surface area contributed by atoms with E-state index in [-0.39, 0.29) is 12.0 Å². The second kappa shape index (κ2) is 7.47. The van der Waals surface area contributed by atoms with Gasteiger partial charge in [0.1, 0.15) is 23.0 Å². The minimum absolute atomic E-state index is 0.266. The molecule has 1 saturated carbocycles. The van der Waals surface area contributed by atoms with E-state index in [1.807, 2.05) is 19.1 Å². The number of hydrogen-bond donors (Lipinski definition) is 1. The second-order valence-corrected chi connectivity index (χ2v) is 7.41. The van der Waals surface area contributed by atoms with Gasteiger partial charge in [-0.25, -0.2) is 0 Å². The van der Waals surface area contributed by atoms with Crippen molar-refractivity contribution in [3.8, 4) is 11.5 Å². The lowest BCUT2D eigenvalue weighted by Gasteiger charge is -2.40. The molecule has 0 radical (unpaired) electrons. The third-order valence-electron chi connectivity index (χ3n) is 5.94. The van der Waals surface area contributed by atoms with E-state index in [4.69, 9.17) is 18.9 Å². The molecule has 3 rings (SSSR count). The van der Waals surface area contributed by atoms with E-state index in [1.54, 1.807) is 33.5 Å². The van der Waals surface area contributed by atoms with E-state index in [1.165, 1.54) is 6.92 Å². The topological polar surface area (TPSA) is 91.3 Å². The molecule has 2 aliphatic rings. The molecule has 5 atom stereocenters. The summed E-state index contributed by atoms with van der Waals surface area (Å²) < 4.78 is 22.0. The van der Waals surface area contributed by atoms with Crippen molar-refractivity contribution >= 4 is 11.9 Å². The Balaban J connectivity index is 2.20. The van der Waals surface area contributed by atoms with Crippen LogP contribution in [0.3, 0.4) is 0 Å². The molecule has 0 saturated heterocycles. The molecule has 0 heterocycles. The van der Waals surface area contributed by atoms with Gasteiger partial charge in [-0.2, -0.15) is 0 Å². The smallest absolute Gasteiger partial charge is 0.317 e. The molecular formula is C21H26O7. The highest BCUT2D eigenvalue weighted by molar-refractivity contribution is 5.82. The lowest BCUT2D eigenvalue weighted by atomic mass is 9.69. The molecular weight excluding hydrogens is 364 g/mol. The molecule has 1 fully saturated rings. The number of carbonyl (C=O) groups excluding carboxylic acids is 1. The van der Waals surface area contributed by atoms with Gasteiger partial charge in [0.2, 0.25) is 0 Å². The summed E-state index contributed by atoms with van der Waals surface area (Å²) in [5.74, 6) is -1.08. The van der Waals surface area contributed by atoms with Crippen LogP contribution in [0.25, 0.3) is 0 Å². The minimum atomic E-state index is -1.38. The monoisotopic (exact) mass is 390 g/mol. The van der Waals surface area contributed by atoms with Crippen LogP contribution in [0.5, 0.6) is 11.5 Å². The Morgan fingerprint density at radius 1 is 1.11 bits per heavy atom. The number of fused-ring (bicyclic) bond motifs is 2. The van der Waals surface area contributed by atoms with Gasteiger partial charge < -0.3 is 24.1 Å². The molecule has 7 nitrogen and oxygen atoms in total. The fourth-order valence-electron chi connectivity index (χ4n) is 4.90. The Morgan fingerprint density at radius 3 is 2.18 bits per heavy atom. The first kappa shape index (κ1) is 20.2. The lowest BCUT2D eigenvalue weighted by Crippen LogP contribution is -2.50. The average molecular weight is 390 g/mol. The standard InChI is InChI=1S/C21H26O7/c1-11-10-21(20(23)24)17(13-6-14(25-3)8-15(7-13)26-4)9-16(18(11)27-5)19(21)28-12(2)22/h6-8,10,16-19H,9H2,1-5H3,(H,23,24). The van der Waals surface area contributed by atoms with E-state index in [0.717, 1.165) is 11.1 Å². The van der Waals surface area contributed by atoms with E-state index in [0.29, 0.717) is 17.9 Å². The van der Waals surface area contributed by atoms with Gasteiger partial charge >= 0.3 is 11.9 Å². The third-order valence-corrected chi connectivity index (χ3v) is 5.94. The molecule has 0 aliphatic heterocycles. The van der Waals surface area contributed by atoms with Crippen molar-refractivity contribution in [3.63, 3.8) is 0 Å². The molecule has 0 amide bonds. The molecule has 0 aromatic heterocycles. The average Bonchev–Trinajstić information content (AvgIpc) is 2.88. The van der Waals surface area contributed by atoms with Gasteiger partial charge in [0.25, 0.3) is 0 Å². The Kier molecular flexibility index (Phi) is 5.39. The molecule has 2 aliphatic carbocycles. The largest absolute Gasteiger partial charge is 0.497 e. The third kappa shape index (κ3) is 3.03. The molecule has 1 aromatic rings. The summed E-state index contributed by atoms with van der Waals surface area (Å²) in [6.45, 7) is 3.16. The fourth-order valence-corrected chi connectivity index (χ4v) is 4.90. The summed E-state index contributed by atoms with van der Waals surface area (Å²) >= 11 is 0. The predicted octanol–water partition coefficient (Wildman–Crippen LogP) is 2.78. The van der Waals surface area contributed by atoms with Crippen LogP contribution in [0, 0.1) is 11.3 Å². The van der Waals surface area contributed by atoms with Crippen LogP contribution < -0.4 is 9.47 Å². The van der Waals surface area contributed by atoms with Gasteiger partial charge in [-0.1, -0.05) is 6.08 Å². The van der Waals surface area contributed by atoms with Crippen LogP contribution in [0.1, 0.15) is 31.7 Å². The normalized spacial score (nSPS) is 31.1. The zero-order valence-electron chi connectivity index (χ0n) is 16.7. The van der Waals surface area contributed by atoms with Gasteiger partial charge in [-0.15, -0.1) is 0 Å². The van der Waals surface area contributed by atoms with Gasteiger partial charge in [0.05, 0.1) is 20.3 Å². The summed E-state index contributed by atoms with van der Waals surface area (Å²) in [5, 5.41) is 10.3. The number of esters is 1. The lowest BCUT2D eigenvalue weighted by molar-refractivity contribution is -0.167. The second-order valence-electron chi connectivity index (χ2n) is 7.41. The summed E-state index contributed by atoms with van der Waals surface area (Å²) in [6, 6.07) is 5.36. The first-order valence-electron chi connectivity index (χ1n) is 9.14. The quantitative estimate of drug-likeness (QED) is 0.590. The molecule has 152 valence electrons. The number of methoxy groups -OCH3 is 3. The Morgan fingerprint density at radius 2 is 1.71 bits per heavy atom. The maximum Gasteiger partial charge on any atom is 0.317 e. The number of carboxylic acids is 1. The molecule has 5 unspecified atom stereocenters. The zero-order chi connectivity index (χ0) is 20.6. The highest BCUT2D eigenvalue weighted by Gasteiger charge is 2.65. The Bertz CT molecular complexity index is 793. The number of hydrogen-bond acceptors (Lipinski definition) is 6. The van der Waals surface area contributed by atoms with Crippen molar-refractivity contribution in [3.05, 3.63) is 35.4 Å². The molecule has 1 aromatic carbocycles. The number of carbonyl (C=O) groups is 2. The Hall–Kier alpha value is -2.54. The van der Waals surface area contributed by atoms with Gasteiger partial charge in [0, 0.05) is 31.9 Å². The van der Waals surface area contributed by atoms with Crippen LogP contribution in [0.4, 0.5) is 0 Å². The molecule has 28 heavy (non-hydrogen) atoms. The number of rotatable bonds is 6. The highest BCUT2D eigenvalue weighted by Crippen LogP contribution is 2.60. The van der Waals surface area contributed by atoms with Crippen molar-refractivity contribution in [1.29, 1.82) is 0 Å². The molecule has 1 N–H and O–H groups in total. The minimum Gasteiger partial charge on any atom is -0.497 e. The van der Waals surface area contributed by atoms with Crippen LogP contribution in [0.15, 0.2) is 29.8 Å². The van der Waals surface area contributed by atoms with Crippen LogP contribution >= 0.6 is 0 Å². The number of benzene rings is 1. The fraction of sp³-hybridized carbons (Fsp3) is 0.524. The number of ether oxygens (including phenoxy) is 4. The summed E-state index contributed by atoms with van der Waals surface area (Å²) in [5.41, 5.74) is 0.210. The molecule has 0 spiro atoms. The first-order valence-corrected chi connectivity index (χ1v) is 9.14. The predicted molar refractivity (Wildman–Crippen MR) is 101 cm³/mol. The van der Waals surface area contributed by atoms with Crippen LogP contribution in [-0.4, -0.2) is 50.6 Å². The summed E-state index contributed by atoms with van der Waals surface area (Å²) in [6.07, 6.45) is 1.07. The zero-order valence-corrected chi connectivity index (χ0v) is 16.7. The summed E-state index contributed by atoms with van der Waals surface area (Å²) in [7, 11) is 4.68. The van der Waals surface area contributed by atoms with Crippen molar-refractivity contribution < 1.29 is 33.6 Å². The molecule has 7 heteroatoms. The maximum absolute atomic E-state index is 12.6. The molecule has 2 bridgehead atoms. The van der Waals surface area contributed by atoms with Crippen LogP contribution in [-0.2, 0) is 19.1 Å². The van der Waals surface area contributed by atoms with Crippen molar-refractivity contribution in [2.45, 2.75) is 38.4 Å². The Labute approximate surface area is 164 Å². The SMILES string of the molecule is COc1cc(OC)cc(C2CC3C(OC)C(C)=CC2(C(=O)O)C3OC(C)=O)c1. The first-order chi connectivity index (χ1) is 13.3. The van der Waals surface area contributed by atoms with Crippen molar-refractivity contribution in [1.82, 2.24) is 0 Å². The van der Waals surface area contributed by atoms with Crippen molar-refractivity contribution in [2.24, 2.45) is 11.3 Å². The van der Waals surface area contributed by atoms with Crippen LogP contribution in [0.2, 0.25) is 0 Å². The summed E-state index contributed by atoms with van der Waals surface area (Å²) in [4.78, 5) is 24.4. The van der Waals surface area contributed by atoms with E-state index in [2.05, 4.69) is 0 Å². The van der Waals surface area contributed by atoms with E-state index >= 15 is 0 Å². The maximum atomic E-state index is 12.6. The number of aliphatic carboxylic acids is 1. The van der Waals surface area contributed by atoms with Gasteiger partial charge in [-0.3, -0.25) is 9.59 Å². The van der Waals surface area contributed by atoms with Gasteiger partial charge in [-0.05, 0) is 36.6 Å². The van der Waals surface area contributed by atoms with Gasteiger partial charge in [0.15, 0.2) is 0 Å². The highest BCUT2D eigenvalue weighted by atomic mass is 16.6. The van der Waals surface area contributed by atoms with Crippen molar-refractivity contribution in [2.75, 3.05) is 21.3 Å². The number of carboxylic acid groups (broad SMARTS) is 1. The van der Waals surface area contributed by atoms with E-state index < -0.39 is 29.4 Å². The van der Waals surface area contributed by atoms with E-state index in [9.17, 15) is 14.7 Å².